The molecule has 6 atom stereocenters. The summed E-state index contributed by atoms with van der Waals surface area (Å²) in [5, 5.41) is 16.7. The summed E-state index contributed by atoms with van der Waals surface area (Å²) >= 11 is 0. The van der Waals surface area contributed by atoms with Crippen LogP contribution in [0.25, 0.3) is 0 Å². The fourth-order valence-corrected chi connectivity index (χ4v) is 9.00. The number of likely N-dealkylation sites (N-methyl/N-ethyl adjacent to an activating group) is 1. The van der Waals surface area contributed by atoms with E-state index in [2.05, 4.69) is 10.6 Å². The van der Waals surface area contributed by atoms with Crippen molar-refractivity contribution in [1.29, 1.82) is 0 Å². The third-order valence-electron chi connectivity index (χ3n) is 10.6. The maximum atomic E-state index is 14.4. The molecule has 13 nitrogen and oxygen atoms in total. The zero-order valence-corrected chi connectivity index (χ0v) is 28.8. The van der Waals surface area contributed by atoms with Gasteiger partial charge in [-0.2, -0.15) is 4.31 Å². The first kappa shape index (κ1) is 35.3. The molecule has 1 saturated heterocycles. The minimum atomic E-state index is -3.79. The molecule has 6 rings (SSSR count). The molecule has 15 heteroatoms. The van der Waals surface area contributed by atoms with Crippen LogP contribution in [0, 0.1) is 11.7 Å². The van der Waals surface area contributed by atoms with E-state index in [1.807, 2.05) is 12.2 Å². The fraction of sp³-hybridized carbons (Fsp3) is 0.647. The van der Waals surface area contributed by atoms with E-state index in [1.165, 1.54) is 22.9 Å². The number of hydrogen-bond donors (Lipinski definition) is 3. The summed E-state index contributed by atoms with van der Waals surface area (Å²) in [5.74, 6) is -2.18. The van der Waals surface area contributed by atoms with Crippen LogP contribution in [0.1, 0.15) is 82.3 Å². The molecule has 3 aliphatic heterocycles. The van der Waals surface area contributed by atoms with Gasteiger partial charge in [-0.15, -0.1) is 0 Å². The minimum Gasteiger partial charge on any atom is -0.444 e. The fourth-order valence-electron chi connectivity index (χ4n) is 7.33. The van der Waals surface area contributed by atoms with Crippen molar-refractivity contribution in [3.05, 3.63) is 47.3 Å². The Morgan fingerprint density at radius 2 is 1.96 bits per heavy atom. The molecule has 1 aromatic rings. The van der Waals surface area contributed by atoms with Crippen molar-refractivity contribution >= 4 is 33.8 Å². The molecule has 2 saturated carbocycles. The number of fused-ring (bicyclic) bond motifs is 3. The largest absolute Gasteiger partial charge is 0.444 e. The number of rotatable bonds is 7. The number of benzene rings is 1. The molecule has 268 valence electrons. The molecule has 0 bridgehead atoms. The van der Waals surface area contributed by atoms with E-state index < -0.39 is 69.0 Å². The number of carbonyl (C=O) groups is 4. The third kappa shape index (κ3) is 7.20. The number of amides is 4. The standard InChI is InChI=1S/C34H46FN5O8S/c1-3-29(41)36-27-13-8-6-4-5-7-11-22-17-34(22,32(44)38(2)49(46,47)24-14-15-24)37-30(42)28-16-23(19-40(28)31(27)43)48-33(45)39-18-21-10-9-12-26(35)25(21)20-39/h7,9-12,22-24,27-28,32,44H,3-6,8,13-20H2,1-2H3,(H,36,41)(H,37,42). The Morgan fingerprint density at radius 3 is 2.67 bits per heavy atom. The predicted molar refractivity (Wildman–Crippen MR) is 175 cm³/mol. The van der Waals surface area contributed by atoms with Crippen molar-refractivity contribution < 1.29 is 41.8 Å². The Labute approximate surface area is 286 Å². The quantitative estimate of drug-likeness (QED) is 0.288. The van der Waals surface area contributed by atoms with Crippen LogP contribution in [0.4, 0.5) is 9.18 Å². The highest BCUT2D eigenvalue weighted by molar-refractivity contribution is 7.90. The van der Waals surface area contributed by atoms with Gasteiger partial charge in [-0.25, -0.2) is 17.6 Å². The van der Waals surface area contributed by atoms with Gasteiger partial charge in [-0.3, -0.25) is 19.3 Å². The van der Waals surface area contributed by atoms with E-state index in [-0.39, 0.29) is 44.3 Å². The summed E-state index contributed by atoms with van der Waals surface area (Å²) in [6, 6.07) is 2.61. The molecule has 4 amide bonds. The highest BCUT2D eigenvalue weighted by Gasteiger charge is 2.63. The summed E-state index contributed by atoms with van der Waals surface area (Å²) in [6.45, 7) is 1.74. The molecule has 0 aromatic heterocycles. The van der Waals surface area contributed by atoms with Crippen LogP contribution in [0.2, 0.25) is 0 Å². The lowest BCUT2D eigenvalue weighted by molar-refractivity contribution is -0.142. The van der Waals surface area contributed by atoms with Gasteiger partial charge in [0.2, 0.25) is 27.7 Å². The second-order valence-electron chi connectivity index (χ2n) is 14.0. The molecule has 3 N–H and O–H groups in total. The van der Waals surface area contributed by atoms with E-state index in [4.69, 9.17) is 4.74 Å². The minimum absolute atomic E-state index is 0.0256. The van der Waals surface area contributed by atoms with E-state index >= 15 is 0 Å². The normalized spacial score (nSPS) is 29.7. The van der Waals surface area contributed by atoms with Crippen molar-refractivity contribution in [2.45, 2.75) is 119 Å². The van der Waals surface area contributed by atoms with Crippen LogP contribution < -0.4 is 10.6 Å². The number of halogens is 1. The summed E-state index contributed by atoms with van der Waals surface area (Å²) in [6.07, 6.45) is 5.48. The molecule has 3 heterocycles. The van der Waals surface area contributed by atoms with Gasteiger partial charge in [0.1, 0.15) is 30.2 Å². The van der Waals surface area contributed by atoms with Crippen molar-refractivity contribution in [1.82, 2.24) is 24.7 Å². The average Bonchev–Trinajstić information content (AvgIpc) is 3.96. The van der Waals surface area contributed by atoms with Crippen LogP contribution >= 0.6 is 0 Å². The smallest absolute Gasteiger partial charge is 0.410 e. The van der Waals surface area contributed by atoms with E-state index in [0.717, 1.165) is 23.6 Å². The van der Waals surface area contributed by atoms with Crippen molar-refractivity contribution in [2.75, 3.05) is 13.6 Å². The van der Waals surface area contributed by atoms with Gasteiger partial charge >= 0.3 is 6.09 Å². The number of ether oxygens (including phenoxy) is 1. The second kappa shape index (κ2) is 14.0. The first-order valence-corrected chi connectivity index (χ1v) is 18.8. The van der Waals surface area contributed by atoms with Gasteiger partial charge < -0.3 is 25.4 Å². The van der Waals surface area contributed by atoms with Gasteiger partial charge in [0.05, 0.1) is 23.9 Å². The number of carbonyl (C=O) groups excluding carboxylic acids is 4. The SMILES string of the molecule is CCC(=O)NC1CCCCCC=CC2CC2(C(O)N(C)S(=O)(=O)C2CC2)NC(=O)C2CC(OC(=O)N3Cc4cccc(F)c4C3)CN2C1=O. The Hall–Kier alpha value is -3.56. The number of nitrogens with one attached hydrogen (secondary N) is 2. The van der Waals surface area contributed by atoms with Gasteiger partial charge in [-0.1, -0.05) is 44.1 Å². The zero-order valence-electron chi connectivity index (χ0n) is 28.0. The number of nitrogens with zero attached hydrogens (tertiary/aromatic N) is 3. The van der Waals surface area contributed by atoms with E-state index in [0.29, 0.717) is 43.2 Å². The molecule has 2 aliphatic carbocycles. The number of sulfonamides is 1. The van der Waals surface area contributed by atoms with Crippen molar-refractivity contribution in [3.8, 4) is 0 Å². The van der Waals surface area contributed by atoms with Gasteiger partial charge in [-0.05, 0) is 50.2 Å². The summed E-state index contributed by atoms with van der Waals surface area (Å²) in [4.78, 5) is 56.8. The van der Waals surface area contributed by atoms with Crippen molar-refractivity contribution in [3.63, 3.8) is 0 Å². The van der Waals surface area contributed by atoms with Crippen LogP contribution in [-0.4, -0.2) is 100 Å². The molecule has 0 spiro atoms. The summed E-state index contributed by atoms with van der Waals surface area (Å²) < 4.78 is 47.4. The van der Waals surface area contributed by atoms with Crippen LogP contribution in [0.3, 0.4) is 0 Å². The topological polar surface area (TPSA) is 166 Å². The highest BCUT2D eigenvalue weighted by Crippen LogP contribution is 2.49. The van der Waals surface area contributed by atoms with Crippen LogP contribution in [0.5, 0.6) is 0 Å². The maximum absolute atomic E-state index is 14.4. The summed E-state index contributed by atoms with van der Waals surface area (Å²) in [5.41, 5.74) is -0.242. The number of aliphatic hydroxyl groups is 1. The highest BCUT2D eigenvalue weighted by atomic mass is 32.2. The number of allylic oxidation sites excluding steroid dienone is 1. The van der Waals surface area contributed by atoms with Gasteiger partial charge in [0.15, 0.2) is 0 Å². The molecule has 49 heavy (non-hydrogen) atoms. The van der Waals surface area contributed by atoms with Crippen molar-refractivity contribution in [2.24, 2.45) is 5.92 Å². The first-order valence-electron chi connectivity index (χ1n) is 17.3. The lowest BCUT2D eigenvalue weighted by atomic mass is 10.0. The average molecular weight is 704 g/mol. The molecule has 5 aliphatic rings. The Balaban J connectivity index is 1.26. The number of hydrogen-bond acceptors (Lipinski definition) is 8. The Bertz CT molecular complexity index is 1620. The lowest BCUT2D eigenvalue weighted by Crippen LogP contribution is -2.60. The van der Waals surface area contributed by atoms with Gasteiger partial charge in [0, 0.05) is 37.9 Å². The zero-order chi connectivity index (χ0) is 35.1. The molecular weight excluding hydrogens is 657 g/mol. The molecule has 1 aromatic carbocycles. The van der Waals surface area contributed by atoms with E-state index in [1.54, 1.807) is 19.1 Å². The number of aliphatic hydroxyl groups excluding tert-OH is 1. The molecular formula is C34H46FN5O8S. The second-order valence-corrected chi connectivity index (χ2v) is 16.3. The maximum Gasteiger partial charge on any atom is 0.410 e. The monoisotopic (exact) mass is 703 g/mol. The van der Waals surface area contributed by atoms with Crippen LogP contribution in [0.15, 0.2) is 30.4 Å². The predicted octanol–water partition coefficient (Wildman–Crippen LogP) is 2.28. The third-order valence-corrected chi connectivity index (χ3v) is 12.9. The van der Waals surface area contributed by atoms with Gasteiger partial charge in [0.25, 0.3) is 0 Å². The molecule has 0 radical (unpaired) electrons. The Kier molecular flexibility index (Phi) is 10.1. The first-order chi connectivity index (χ1) is 23.4. The lowest BCUT2D eigenvalue weighted by Gasteiger charge is -2.34. The van der Waals surface area contributed by atoms with Crippen LogP contribution in [-0.2, 0) is 42.2 Å². The summed E-state index contributed by atoms with van der Waals surface area (Å²) in [7, 11) is -2.47. The molecule has 3 fully saturated rings. The molecule has 6 unspecified atom stereocenters. The Morgan fingerprint density at radius 1 is 1.18 bits per heavy atom. The van der Waals surface area contributed by atoms with E-state index in [9.17, 15) is 37.1 Å².